The predicted molar refractivity (Wildman–Crippen MR) is 51.7 cm³/mol. The number of halogens is 4. The Kier molecular flexibility index (Phi) is 3.95. The van der Waals surface area contributed by atoms with Gasteiger partial charge in [0.25, 0.3) is 0 Å². The largest absolute Gasteiger partial charge is 0.326 e. The van der Waals surface area contributed by atoms with Crippen molar-refractivity contribution in [2.45, 2.75) is 19.4 Å². The number of alkyl halides is 2. The summed E-state index contributed by atoms with van der Waals surface area (Å²) in [4.78, 5) is 0. The molecular formula is C9H9BrF3N. The van der Waals surface area contributed by atoms with Crippen LogP contribution in [0.5, 0.6) is 0 Å². The molecule has 0 spiro atoms. The highest BCUT2D eigenvalue weighted by molar-refractivity contribution is 9.10. The van der Waals surface area contributed by atoms with Crippen molar-refractivity contribution in [1.82, 2.24) is 0 Å². The van der Waals surface area contributed by atoms with Crippen LogP contribution >= 0.6 is 15.9 Å². The molecule has 0 bridgehead atoms. The molecule has 0 saturated heterocycles. The smallest absolute Gasteiger partial charge is 0.242 e. The normalized spacial score (nSPS) is 11.0. The fraction of sp³-hybridized carbons (Fsp3) is 0.333. The lowest BCUT2D eigenvalue weighted by Crippen LogP contribution is -2.08. The molecule has 0 saturated carbocycles. The van der Waals surface area contributed by atoms with E-state index in [1.165, 1.54) is 6.07 Å². The molecule has 0 radical (unpaired) electrons. The van der Waals surface area contributed by atoms with E-state index in [0.29, 0.717) is 5.56 Å². The molecule has 1 nitrogen and oxygen atoms in total. The zero-order chi connectivity index (χ0) is 10.7. The highest BCUT2D eigenvalue weighted by atomic mass is 79.9. The van der Waals surface area contributed by atoms with Crippen LogP contribution in [0.2, 0.25) is 0 Å². The maximum Gasteiger partial charge on any atom is 0.242 e. The van der Waals surface area contributed by atoms with Gasteiger partial charge in [0.2, 0.25) is 6.43 Å². The van der Waals surface area contributed by atoms with Crippen molar-refractivity contribution in [2.75, 3.05) is 0 Å². The zero-order valence-corrected chi connectivity index (χ0v) is 8.82. The Morgan fingerprint density at radius 3 is 2.50 bits per heavy atom. The second-order valence-corrected chi connectivity index (χ2v) is 3.65. The van der Waals surface area contributed by atoms with Crippen LogP contribution in [0.25, 0.3) is 0 Å². The Labute approximate surface area is 88.2 Å². The zero-order valence-electron chi connectivity index (χ0n) is 7.24. The van der Waals surface area contributed by atoms with Crippen LogP contribution in [-0.4, -0.2) is 6.43 Å². The Morgan fingerprint density at radius 2 is 2.00 bits per heavy atom. The average molecular weight is 268 g/mol. The van der Waals surface area contributed by atoms with E-state index >= 15 is 0 Å². The first-order valence-corrected chi connectivity index (χ1v) is 4.79. The van der Waals surface area contributed by atoms with Crippen molar-refractivity contribution < 1.29 is 13.2 Å². The summed E-state index contributed by atoms with van der Waals surface area (Å²) in [7, 11) is 0. The van der Waals surface area contributed by atoms with Crippen molar-refractivity contribution in [2.24, 2.45) is 5.73 Å². The van der Waals surface area contributed by atoms with Gasteiger partial charge in [0.1, 0.15) is 5.82 Å². The molecule has 0 aliphatic carbocycles. The van der Waals surface area contributed by atoms with Gasteiger partial charge in [0.15, 0.2) is 0 Å². The van der Waals surface area contributed by atoms with E-state index in [0.717, 1.165) is 0 Å². The molecule has 1 aromatic carbocycles. The molecule has 1 rings (SSSR count). The fourth-order valence-electron chi connectivity index (χ4n) is 1.20. The van der Waals surface area contributed by atoms with E-state index in [2.05, 4.69) is 15.9 Å². The second kappa shape index (κ2) is 4.79. The van der Waals surface area contributed by atoms with Crippen LogP contribution in [-0.2, 0) is 13.0 Å². The van der Waals surface area contributed by atoms with Crippen LogP contribution in [0, 0.1) is 5.82 Å². The molecule has 0 heterocycles. The predicted octanol–water partition coefficient (Wildman–Crippen LogP) is 2.85. The van der Waals surface area contributed by atoms with Gasteiger partial charge in [-0.3, -0.25) is 0 Å². The highest BCUT2D eigenvalue weighted by Gasteiger charge is 2.15. The first kappa shape index (κ1) is 11.5. The SMILES string of the molecule is NCc1ccc(Br)c(F)c1CC(F)F. The Hall–Kier alpha value is -0.550. The summed E-state index contributed by atoms with van der Waals surface area (Å²) in [6, 6.07) is 3.01. The molecule has 0 aliphatic rings. The molecule has 1 aromatic rings. The standard InChI is InChI=1S/C9H9BrF3N/c10-7-2-1-5(4-14)6(9(7)13)3-8(11)12/h1-2,8H,3-4,14H2. The first-order valence-electron chi connectivity index (χ1n) is 4.00. The van der Waals surface area contributed by atoms with Crippen molar-refractivity contribution in [3.63, 3.8) is 0 Å². The molecule has 0 atom stereocenters. The van der Waals surface area contributed by atoms with Crippen molar-refractivity contribution in [3.8, 4) is 0 Å². The number of hydrogen-bond donors (Lipinski definition) is 1. The van der Waals surface area contributed by atoms with Crippen LogP contribution in [0.15, 0.2) is 16.6 Å². The summed E-state index contributed by atoms with van der Waals surface area (Å²) >= 11 is 2.94. The molecule has 0 aromatic heterocycles. The summed E-state index contributed by atoms with van der Waals surface area (Å²) in [6.07, 6.45) is -3.17. The molecule has 0 unspecified atom stereocenters. The summed E-state index contributed by atoms with van der Waals surface area (Å²) < 4.78 is 37.8. The minimum Gasteiger partial charge on any atom is -0.326 e. The summed E-state index contributed by atoms with van der Waals surface area (Å²) in [6.45, 7) is 0.0618. The number of rotatable bonds is 3. The van der Waals surface area contributed by atoms with Gasteiger partial charge in [-0.05, 0) is 33.1 Å². The topological polar surface area (TPSA) is 26.0 Å². The Morgan fingerprint density at radius 1 is 1.36 bits per heavy atom. The summed E-state index contributed by atoms with van der Waals surface area (Å²) in [5.41, 5.74) is 5.74. The van der Waals surface area contributed by atoms with E-state index < -0.39 is 18.7 Å². The first-order chi connectivity index (χ1) is 6.56. The van der Waals surface area contributed by atoms with E-state index in [4.69, 9.17) is 5.73 Å². The van der Waals surface area contributed by atoms with Crippen molar-refractivity contribution >= 4 is 15.9 Å². The van der Waals surface area contributed by atoms with Gasteiger partial charge >= 0.3 is 0 Å². The number of hydrogen-bond acceptors (Lipinski definition) is 1. The molecule has 14 heavy (non-hydrogen) atoms. The maximum absolute atomic E-state index is 13.4. The lowest BCUT2D eigenvalue weighted by atomic mass is 10.0. The van der Waals surface area contributed by atoms with Gasteiger partial charge < -0.3 is 5.73 Å². The molecule has 0 amide bonds. The van der Waals surface area contributed by atoms with Gasteiger partial charge in [-0.25, -0.2) is 13.2 Å². The lowest BCUT2D eigenvalue weighted by molar-refractivity contribution is 0.147. The van der Waals surface area contributed by atoms with Crippen LogP contribution in [0.4, 0.5) is 13.2 Å². The van der Waals surface area contributed by atoms with Crippen LogP contribution in [0.1, 0.15) is 11.1 Å². The molecule has 0 fully saturated rings. The third-order valence-corrected chi connectivity index (χ3v) is 2.48. The molecule has 2 N–H and O–H groups in total. The quantitative estimate of drug-likeness (QED) is 0.896. The monoisotopic (exact) mass is 267 g/mol. The average Bonchev–Trinajstić information content (AvgIpc) is 2.13. The van der Waals surface area contributed by atoms with E-state index in [1.54, 1.807) is 6.07 Å². The third-order valence-electron chi connectivity index (χ3n) is 1.87. The van der Waals surface area contributed by atoms with Crippen LogP contribution in [0.3, 0.4) is 0 Å². The lowest BCUT2D eigenvalue weighted by Gasteiger charge is -2.09. The van der Waals surface area contributed by atoms with E-state index in [9.17, 15) is 13.2 Å². The summed E-state index contributed by atoms with van der Waals surface area (Å²) in [5, 5.41) is 0. The van der Waals surface area contributed by atoms with Gasteiger partial charge in [-0.15, -0.1) is 0 Å². The maximum atomic E-state index is 13.4. The van der Waals surface area contributed by atoms with E-state index in [-0.39, 0.29) is 16.6 Å². The van der Waals surface area contributed by atoms with Gasteiger partial charge in [0.05, 0.1) is 4.47 Å². The Balaban J connectivity index is 3.14. The third kappa shape index (κ3) is 2.48. The minimum atomic E-state index is -2.57. The number of benzene rings is 1. The highest BCUT2D eigenvalue weighted by Crippen LogP contribution is 2.24. The van der Waals surface area contributed by atoms with Crippen molar-refractivity contribution in [1.29, 1.82) is 0 Å². The van der Waals surface area contributed by atoms with Crippen LogP contribution < -0.4 is 5.73 Å². The van der Waals surface area contributed by atoms with Gasteiger partial charge in [0, 0.05) is 13.0 Å². The Bertz CT molecular complexity index is 328. The minimum absolute atomic E-state index is 0.00289. The molecule has 78 valence electrons. The summed E-state index contributed by atoms with van der Waals surface area (Å²) in [5.74, 6) is -0.645. The number of nitrogens with two attached hydrogens (primary N) is 1. The van der Waals surface area contributed by atoms with Gasteiger partial charge in [-0.2, -0.15) is 0 Å². The molecule has 0 aliphatic heterocycles. The second-order valence-electron chi connectivity index (χ2n) is 2.80. The van der Waals surface area contributed by atoms with Crippen molar-refractivity contribution in [3.05, 3.63) is 33.5 Å². The molecule has 5 heteroatoms. The fourth-order valence-corrected chi connectivity index (χ4v) is 1.57. The van der Waals surface area contributed by atoms with Gasteiger partial charge in [-0.1, -0.05) is 6.07 Å². The van der Waals surface area contributed by atoms with E-state index in [1.807, 2.05) is 0 Å². The molecular weight excluding hydrogens is 259 g/mol.